The lowest BCUT2D eigenvalue weighted by Gasteiger charge is -2.35. The first-order valence-electron chi connectivity index (χ1n) is 6.18. The predicted octanol–water partition coefficient (Wildman–Crippen LogP) is 1.30. The second-order valence-corrected chi connectivity index (χ2v) is 4.91. The third kappa shape index (κ3) is 1.97. The summed E-state index contributed by atoms with van der Waals surface area (Å²) in [5.41, 5.74) is 0.107. The molecular formula is C14H14N2O3. The van der Waals surface area contributed by atoms with Gasteiger partial charge in [-0.3, -0.25) is 14.8 Å². The number of ether oxygens (including phenoxy) is 1. The van der Waals surface area contributed by atoms with E-state index in [0.29, 0.717) is 18.4 Å². The molecule has 0 amide bonds. The van der Waals surface area contributed by atoms with E-state index in [1.165, 1.54) is 0 Å². The van der Waals surface area contributed by atoms with Crippen molar-refractivity contribution in [2.24, 2.45) is 0 Å². The summed E-state index contributed by atoms with van der Waals surface area (Å²) in [4.78, 5) is 27.8. The number of fused-ring (bicyclic) bond motifs is 1. The summed E-state index contributed by atoms with van der Waals surface area (Å²) in [5.74, 6) is 0.284. The molecule has 1 aliphatic rings. The summed E-state index contributed by atoms with van der Waals surface area (Å²) in [6, 6.07) is 9.79. The lowest BCUT2D eigenvalue weighted by atomic mass is 9.87. The van der Waals surface area contributed by atoms with Gasteiger partial charge in [0.2, 0.25) is 5.88 Å². The van der Waals surface area contributed by atoms with Gasteiger partial charge in [0.15, 0.2) is 0 Å². The van der Waals surface area contributed by atoms with Crippen molar-refractivity contribution < 1.29 is 4.74 Å². The Hall–Kier alpha value is -2.30. The van der Waals surface area contributed by atoms with Crippen molar-refractivity contribution in [3.05, 3.63) is 62.3 Å². The molecule has 0 aliphatic carbocycles. The summed E-state index contributed by atoms with van der Waals surface area (Å²) < 4.78 is 5.89. The zero-order valence-corrected chi connectivity index (χ0v) is 10.5. The van der Waals surface area contributed by atoms with E-state index in [-0.39, 0.29) is 11.4 Å². The van der Waals surface area contributed by atoms with Gasteiger partial charge in [-0.2, -0.15) is 0 Å². The Morgan fingerprint density at radius 2 is 1.89 bits per heavy atom. The Morgan fingerprint density at radius 3 is 2.63 bits per heavy atom. The van der Waals surface area contributed by atoms with Crippen LogP contribution in [-0.2, 0) is 12.0 Å². The van der Waals surface area contributed by atoms with Crippen LogP contribution in [-0.4, -0.2) is 9.97 Å². The van der Waals surface area contributed by atoms with Crippen molar-refractivity contribution >= 4 is 0 Å². The largest absolute Gasteiger partial charge is 0.467 e. The second-order valence-electron chi connectivity index (χ2n) is 4.91. The molecule has 0 radical (unpaired) electrons. The van der Waals surface area contributed by atoms with Gasteiger partial charge in [-0.1, -0.05) is 30.3 Å². The number of aromatic nitrogens is 2. The number of hydrogen-bond acceptors (Lipinski definition) is 3. The minimum Gasteiger partial charge on any atom is -0.467 e. The quantitative estimate of drug-likeness (QED) is 0.809. The average molecular weight is 258 g/mol. The molecule has 5 heteroatoms. The first kappa shape index (κ1) is 11.8. The first-order valence-corrected chi connectivity index (χ1v) is 6.18. The Bertz CT molecular complexity index is 717. The lowest BCUT2D eigenvalue weighted by molar-refractivity contribution is 0.0553. The van der Waals surface area contributed by atoms with E-state index in [4.69, 9.17) is 4.74 Å². The van der Waals surface area contributed by atoms with Crippen LogP contribution in [0, 0.1) is 0 Å². The van der Waals surface area contributed by atoms with E-state index in [0.717, 1.165) is 5.56 Å². The van der Waals surface area contributed by atoms with Gasteiger partial charge in [-0.25, -0.2) is 4.79 Å². The summed E-state index contributed by atoms with van der Waals surface area (Å²) in [6.07, 6.45) is 1.27. The van der Waals surface area contributed by atoms with Crippen molar-refractivity contribution in [1.29, 1.82) is 0 Å². The maximum Gasteiger partial charge on any atom is 0.328 e. The first-order chi connectivity index (χ1) is 9.08. The predicted molar refractivity (Wildman–Crippen MR) is 70.4 cm³/mol. The zero-order valence-electron chi connectivity index (χ0n) is 10.5. The number of aromatic amines is 2. The molecule has 2 aromatic rings. The van der Waals surface area contributed by atoms with E-state index < -0.39 is 11.3 Å². The molecule has 5 nitrogen and oxygen atoms in total. The molecule has 1 aromatic carbocycles. The summed E-state index contributed by atoms with van der Waals surface area (Å²) >= 11 is 0. The Kier molecular flexibility index (Phi) is 2.55. The maximum atomic E-state index is 11.7. The third-order valence-corrected chi connectivity index (χ3v) is 3.57. The molecule has 19 heavy (non-hydrogen) atoms. The molecule has 0 saturated heterocycles. The van der Waals surface area contributed by atoms with Gasteiger partial charge in [0.05, 0.1) is 5.56 Å². The summed E-state index contributed by atoms with van der Waals surface area (Å²) in [7, 11) is 0. The van der Waals surface area contributed by atoms with Gasteiger partial charge in [0.1, 0.15) is 5.60 Å². The van der Waals surface area contributed by atoms with Gasteiger partial charge in [-0.05, 0) is 25.3 Å². The average Bonchev–Trinajstić information content (AvgIpc) is 2.39. The van der Waals surface area contributed by atoms with Gasteiger partial charge in [0, 0.05) is 0 Å². The van der Waals surface area contributed by atoms with Gasteiger partial charge in [-0.15, -0.1) is 0 Å². The molecule has 1 aliphatic heterocycles. The minimum absolute atomic E-state index is 0.284. The van der Waals surface area contributed by atoms with Crippen molar-refractivity contribution in [3.63, 3.8) is 0 Å². The van der Waals surface area contributed by atoms with Crippen LogP contribution in [0.4, 0.5) is 0 Å². The highest BCUT2D eigenvalue weighted by Gasteiger charge is 2.34. The molecule has 2 heterocycles. The van der Waals surface area contributed by atoms with Gasteiger partial charge in [0.25, 0.3) is 5.56 Å². The normalized spacial score (nSPS) is 21.5. The Balaban J connectivity index is 2.07. The molecule has 0 spiro atoms. The molecule has 1 atom stereocenters. The highest BCUT2D eigenvalue weighted by molar-refractivity contribution is 5.31. The number of H-pyrrole nitrogens is 2. The van der Waals surface area contributed by atoms with Crippen LogP contribution in [0.1, 0.15) is 24.5 Å². The topological polar surface area (TPSA) is 75.0 Å². The van der Waals surface area contributed by atoms with Crippen LogP contribution >= 0.6 is 0 Å². The molecule has 1 unspecified atom stereocenters. The number of nitrogens with one attached hydrogen (secondary N) is 2. The highest BCUT2D eigenvalue weighted by atomic mass is 16.5. The SMILES string of the molecule is CC1(c2ccccc2)CCc2c([nH]c(=O)[nH]c2=O)O1. The second kappa shape index (κ2) is 4.12. The van der Waals surface area contributed by atoms with E-state index in [9.17, 15) is 9.59 Å². The summed E-state index contributed by atoms with van der Waals surface area (Å²) in [5, 5.41) is 0. The Morgan fingerprint density at radius 1 is 1.16 bits per heavy atom. The molecule has 3 rings (SSSR count). The molecule has 98 valence electrons. The third-order valence-electron chi connectivity index (χ3n) is 3.57. The Labute approximate surface area is 109 Å². The molecule has 1 aromatic heterocycles. The van der Waals surface area contributed by atoms with Crippen LogP contribution in [0.3, 0.4) is 0 Å². The lowest BCUT2D eigenvalue weighted by Crippen LogP contribution is -2.38. The van der Waals surface area contributed by atoms with E-state index in [1.807, 2.05) is 37.3 Å². The fourth-order valence-electron chi connectivity index (χ4n) is 2.44. The van der Waals surface area contributed by atoms with Crippen molar-refractivity contribution in [2.75, 3.05) is 0 Å². The van der Waals surface area contributed by atoms with Crippen LogP contribution in [0.15, 0.2) is 39.9 Å². The van der Waals surface area contributed by atoms with Crippen molar-refractivity contribution in [3.8, 4) is 5.88 Å². The highest BCUT2D eigenvalue weighted by Crippen LogP contribution is 2.36. The molecular weight excluding hydrogens is 244 g/mol. The van der Waals surface area contributed by atoms with Gasteiger partial charge >= 0.3 is 5.69 Å². The molecule has 0 bridgehead atoms. The zero-order chi connectivity index (χ0) is 13.5. The molecule has 0 saturated carbocycles. The van der Waals surface area contributed by atoms with E-state index in [2.05, 4.69) is 9.97 Å². The van der Waals surface area contributed by atoms with Crippen LogP contribution < -0.4 is 16.0 Å². The molecule has 2 N–H and O–H groups in total. The van der Waals surface area contributed by atoms with Crippen molar-refractivity contribution in [2.45, 2.75) is 25.4 Å². The molecule has 0 fully saturated rings. The fraction of sp³-hybridized carbons (Fsp3) is 0.286. The smallest absolute Gasteiger partial charge is 0.328 e. The van der Waals surface area contributed by atoms with E-state index >= 15 is 0 Å². The van der Waals surface area contributed by atoms with Crippen LogP contribution in [0.2, 0.25) is 0 Å². The maximum absolute atomic E-state index is 11.7. The van der Waals surface area contributed by atoms with Crippen LogP contribution in [0.25, 0.3) is 0 Å². The monoisotopic (exact) mass is 258 g/mol. The minimum atomic E-state index is -0.541. The number of hydrogen-bond donors (Lipinski definition) is 2. The van der Waals surface area contributed by atoms with Crippen molar-refractivity contribution in [1.82, 2.24) is 9.97 Å². The van der Waals surface area contributed by atoms with Crippen LogP contribution in [0.5, 0.6) is 5.88 Å². The number of rotatable bonds is 1. The fourth-order valence-corrected chi connectivity index (χ4v) is 2.44. The number of benzene rings is 1. The summed E-state index contributed by atoms with van der Waals surface area (Å²) in [6.45, 7) is 1.96. The standard InChI is InChI=1S/C14H14N2O3/c1-14(9-5-3-2-4-6-9)8-7-10-11(17)15-13(18)16-12(10)19-14/h2-6H,7-8H2,1H3,(H2,15,16,17,18). The van der Waals surface area contributed by atoms with Gasteiger partial charge < -0.3 is 4.74 Å². The van der Waals surface area contributed by atoms with E-state index in [1.54, 1.807) is 0 Å².